The van der Waals surface area contributed by atoms with Gasteiger partial charge >= 0.3 is 0 Å². The van der Waals surface area contributed by atoms with Gasteiger partial charge in [0.05, 0.1) is 11.2 Å². The monoisotopic (exact) mass is 260 g/mol. The Hall–Kier alpha value is -1.68. The number of amides is 1. The number of carbonyl (C=O) groups excluding carboxylic acids is 1. The molecule has 0 aliphatic carbocycles. The molecule has 0 saturated carbocycles. The Morgan fingerprint density at radius 2 is 2.17 bits per heavy atom. The molecule has 18 heavy (non-hydrogen) atoms. The Morgan fingerprint density at radius 3 is 2.78 bits per heavy atom. The van der Waals surface area contributed by atoms with E-state index in [9.17, 15) is 4.79 Å². The quantitative estimate of drug-likeness (QED) is 0.916. The molecular weight excluding hydrogens is 244 g/mol. The van der Waals surface area contributed by atoms with Crippen LogP contribution in [0.4, 0.5) is 5.69 Å². The minimum atomic E-state index is -0.0704. The summed E-state index contributed by atoms with van der Waals surface area (Å²) in [5, 5.41) is 3.00. The molecule has 94 valence electrons. The van der Waals surface area contributed by atoms with Crippen molar-refractivity contribution in [1.29, 1.82) is 0 Å². The minimum absolute atomic E-state index is 0.0704. The van der Waals surface area contributed by atoms with Crippen molar-refractivity contribution in [2.45, 2.75) is 27.2 Å². The van der Waals surface area contributed by atoms with Crippen molar-refractivity contribution < 1.29 is 4.79 Å². The van der Waals surface area contributed by atoms with Gasteiger partial charge in [0.2, 0.25) is 0 Å². The normalized spacial score (nSPS) is 10.4. The third-order valence-electron chi connectivity index (χ3n) is 2.93. The third-order valence-corrected chi connectivity index (χ3v) is 3.86. The summed E-state index contributed by atoms with van der Waals surface area (Å²) in [6.45, 7) is 5.95. The first-order valence-corrected chi connectivity index (χ1v) is 6.81. The number of nitrogens with zero attached hydrogens (tertiary/aromatic N) is 1. The summed E-state index contributed by atoms with van der Waals surface area (Å²) >= 11 is 1.37. The Morgan fingerprint density at radius 1 is 1.39 bits per heavy atom. The fourth-order valence-electron chi connectivity index (χ4n) is 1.89. The van der Waals surface area contributed by atoms with Gasteiger partial charge in [0.25, 0.3) is 5.91 Å². The summed E-state index contributed by atoms with van der Waals surface area (Å²) < 4.78 is 0. The van der Waals surface area contributed by atoms with Crippen molar-refractivity contribution in [1.82, 2.24) is 4.98 Å². The van der Waals surface area contributed by atoms with E-state index < -0.39 is 0 Å². The number of aryl methyl sites for hydroxylation is 3. The van der Waals surface area contributed by atoms with Crippen LogP contribution in [0.15, 0.2) is 23.7 Å². The van der Waals surface area contributed by atoms with E-state index in [0.29, 0.717) is 4.88 Å². The molecule has 0 saturated heterocycles. The first kappa shape index (κ1) is 12.8. The predicted molar refractivity (Wildman–Crippen MR) is 75.4 cm³/mol. The van der Waals surface area contributed by atoms with Gasteiger partial charge in [-0.25, -0.2) is 4.98 Å². The van der Waals surface area contributed by atoms with Crippen molar-refractivity contribution in [2.75, 3.05) is 5.32 Å². The molecular formula is C14H16N2OS. The highest BCUT2D eigenvalue weighted by molar-refractivity contribution is 7.12. The van der Waals surface area contributed by atoms with Crippen LogP contribution in [0, 0.1) is 13.8 Å². The molecule has 0 unspecified atom stereocenters. The van der Waals surface area contributed by atoms with E-state index in [-0.39, 0.29) is 5.91 Å². The van der Waals surface area contributed by atoms with Gasteiger partial charge in [-0.1, -0.05) is 25.1 Å². The molecule has 1 aromatic carbocycles. The minimum Gasteiger partial charge on any atom is -0.321 e. The molecule has 0 fully saturated rings. The Bertz CT molecular complexity index is 575. The van der Waals surface area contributed by atoms with Gasteiger partial charge < -0.3 is 5.32 Å². The molecule has 0 radical (unpaired) electrons. The highest BCUT2D eigenvalue weighted by Crippen LogP contribution is 2.23. The number of nitrogens with one attached hydrogen (secondary N) is 1. The van der Waals surface area contributed by atoms with Crippen molar-refractivity contribution in [3.05, 3.63) is 45.4 Å². The summed E-state index contributed by atoms with van der Waals surface area (Å²) in [6.07, 6.45) is 0.902. The van der Waals surface area contributed by atoms with Gasteiger partial charge in [0.15, 0.2) is 0 Å². The van der Waals surface area contributed by atoms with E-state index >= 15 is 0 Å². The van der Waals surface area contributed by atoms with Crippen LogP contribution in [0.2, 0.25) is 0 Å². The van der Waals surface area contributed by atoms with E-state index in [0.717, 1.165) is 28.9 Å². The molecule has 2 rings (SSSR count). The third kappa shape index (κ3) is 2.43. The maximum Gasteiger partial charge on any atom is 0.267 e. The number of thiazole rings is 1. The second-order valence-electron chi connectivity index (χ2n) is 4.18. The molecule has 0 atom stereocenters. The fourth-order valence-corrected chi connectivity index (χ4v) is 2.59. The van der Waals surface area contributed by atoms with Crippen LogP contribution in [-0.2, 0) is 6.42 Å². The standard InChI is InChI=1S/C14H16N2OS/c1-4-11-7-5-6-9(2)12(11)16-14(17)13-10(3)15-8-18-13/h5-8H,4H2,1-3H3,(H,16,17). The van der Waals surface area contributed by atoms with Gasteiger partial charge in [0.1, 0.15) is 4.88 Å². The maximum atomic E-state index is 12.2. The zero-order valence-electron chi connectivity index (χ0n) is 10.8. The lowest BCUT2D eigenvalue weighted by molar-refractivity contribution is 0.102. The van der Waals surface area contributed by atoms with E-state index in [1.54, 1.807) is 5.51 Å². The van der Waals surface area contributed by atoms with Crippen molar-refractivity contribution in [3.8, 4) is 0 Å². The SMILES string of the molecule is CCc1cccc(C)c1NC(=O)c1scnc1C. The topological polar surface area (TPSA) is 42.0 Å². The van der Waals surface area contributed by atoms with Crippen LogP contribution < -0.4 is 5.32 Å². The number of hydrogen-bond acceptors (Lipinski definition) is 3. The molecule has 1 heterocycles. The largest absolute Gasteiger partial charge is 0.321 e. The number of carbonyl (C=O) groups is 1. The number of benzene rings is 1. The molecule has 0 bridgehead atoms. The molecule has 1 N–H and O–H groups in total. The smallest absolute Gasteiger partial charge is 0.267 e. The molecule has 2 aromatic rings. The molecule has 0 aliphatic heterocycles. The van der Waals surface area contributed by atoms with Gasteiger partial charge in [-0.05, 0) is 31.4 Å². The van der Waals surface area contributed by atoms with Crippen LogP contribution in [0.5, 0.6) is 0 Å². The van der Waals surface area contributed by atoms with Crippen molar-refractivity contribution >= 4 is 22.9 Å². The second kappa shape index (κ2) is 5.31. The average Bonchev–Trinajstić information content (AvgIpc) is 2.78. The van der Waals surface area contributed by atoms with Gasteiger partial charge in [0, 0.05) is 5.69 Å². The van der Waals surface area contributed by atoms with Gasteiger partial charge in [-0.2, -0.15) is 0 Å². The molecule has 0 spiro atoms. The average molecular weight is 260 g/mol. The van der Waals surface area contributed by atoms with E-state index in [4.69, 9.17) is 0 Å². The number of hydrogen-bond donors (Lipinski definition) is 1. The Kier molecular flexibility index (Phi) is 3.77. The molecule has 0 aliphatic rings. The maximum absolute atomic E-state index is 12.2. The number of para-hydroxylation sites is 1. The first-order valence-electron chi connectivity index (χ1n) is 5.93. The summed E-state index contributed by atoms with van der Waals surface area (Å²) in [5.74, 6) is -0.0704. The number of anilines is 1. The number of aromatic nitrogens is 1. The van der Waals surface area contributed by atoms with E-state index in [1.807, 2.05) is 32.0 Å². The van der Waals surface area contributed by atoms with Crippen molar-refractivity contribution in [3.63, 3.8) is 0 Å². The van der Waals surface area contributed by atoms with E-state index in [2.05, 4.69) is 17.2 Å². The second-order valence-corrected chi connectivity index (χ2v) is 5.04. The van der Waals surface area contributed by atoms with Gasteiger partial charge in [-0.15, -0.1) is 11.3 Å². The lowest BCUT2D eigenvalue weighted by atomic mass is 10.1. The Balaban J connectivity index is 2.30. The summed E-state index contributed by atoms with van der Waals surface area (Å²) in [5.41, 5.74) is 5.65. The first-order chi connectivity index (χ1) is 8.63. The molecule has 1 aromatic heterocycles. The highest BCUT2D eigenvalue weighted by atomic mass is 32.1. The lowest BCUT2D eigenvalue weighted by Gasteiger charge is -2.12. The van der Waals surface area contributed by atoms with Crippen LogP contribution in [-0.4, -0.2) is 10.9 Å². The predicted octanol–water partition coefficient (Wildman–Crippen LogP) is 3.57. The fraction of sp³-hybridized carbons (Fsp3) is 0.286. The van der Waals surface area contributed by atoms with Crippen molar-refractivity contribution in [2.24, 2.45) is 0 Å². The number of rotatable bonds is 3. The van der Waals surface area contributed by atoms with E-state index in [1.165, 1.54) is 11.3 Å². The highest BCUT2D eigenvalue weighted by Gasteiger charge is 2.14. The van der Waals surface area contributed by atoms with Crippen LogP contribution in [0.3, 0.4) is 0 Å². The zero-order chi connectivity index (χ0) is 13.1. The lowest BCUT2D eigenvalue weighted by Crippen LogP contribution is -2.14. The van der Waals surface area contributed by atoms with Crippen LogP contribution in [0.25, 0.3) is 0 Å². The summed E-state index contributed by atoms with van der Waals surface area (Å²) in [4.78, 5) is 17.0. The summed E-state index contributed by atoms with van der Waals surface area (Å²) in [6, 6.07) is 6.07. The van der Waals surface area contributed by atoms with Crippen LogP contribution in [0.1, 0.15) is 33.4 Å². The summed E-state index contributed by atoms with van der Waals surface area (Å²) in [7, 11) is 0. The molecule has 3 nitrogen and oxygen atoms in total. The molecule has 1 amide bonds. The zero-order valence-corrected chi connectivity index (χ0v) is 11.6. The van der Waals surface area contributed by atoms with Gasteiger partial charge in [-0.3, -0.25) is 4.79 Å². The Labute approximate surface area is 111 Å². The van der Waals surface area contributed by atoms with Crippen LogP contribution >= 0.6 is 11.3 Å². The molecule has 4 heteroatoms.